The summed E-state index contributed by atoms with van der Waals surface area (Å²) in [5.41, 5.74) is 13.0. The van der Waals surface area contributed by atoms with Crippen LogP contribution in [0, 0.1) is 0 Å². The smallest absolute Gasteiger partial charge is 0.186 e. The minimum absolute atomic E-state index is 0.144. The van der Waals surface area contributed by atoms with E-state index in [0.717, 1.165) is 12.0 Å². The third-order valence-corrected chi connectivity index (χ3v) is 2.29. The standard InChI is InChI=1S/C12H19N3/c1-2-3-4-10-5-7-11(8-6-10)9-15-12(13)14/h5-8H,2-4,9H2,1H3,(H4,13,14,15). The molecule has 0 aliphatic carbocycles. The Labute approximate surface area is 91.2 Å². The average Bonchev–Trinajstić information content (AvgIpc) is 2.25. The van der Waals surface area contributed by atoms with E-state index in [1.807, 2.05) is 0 Å². The molecule has 3 heteroatoms. The highest BCUT2D eigenvalue weighted by Crippen LogP contribution is 2.08. The zero-order valence-corrected chi connectivity index (χ0v) is 9.24. The Hall–Kier alpha value is -1.51. The van der Waals surface area contributed by atoms with E-state index >= 15 is 0 Å². The molecule has 0 aliphatic heterocycles. The SMILES string of the molecule is CCCCc1ccc(CN=C(N)N)cc1. The molecule has 0 aromatic heterocycles. The topological polar surface area (TPSA) is 64.4 Å². The minimum Gasteiger partial charge on any atom is -0.370 e. The molecule has 0 aliphatic rings. The summed E-state index contributed by atoms with van der Waals surface area (Å²) in [5, 5.41) is 0. The Morgan fingerprint density at radius 1 is 1.13 bits per heavy atom. The van der Waals surface area contributed by atoms with Gasteiger partial charge in [0.05, 0.1) is 6.54 Å². The molecule has 0 fully saturated rings. The molecule has 4 N–H and O–H groups in total. The van der Waals surface area contributed by atoms with Gasteiger partial charge in [0.25, 0.3) is 0 Å². The molecular weight excluding hydrogens is 186 g/mol. The number of aliphatic imine (C=N–C) groups is 1. The van der Waals surface area contributed by atoms with Crippen LogP contribution in [0.25, 0.3) is 0 Å². The fourth-order valence-electron chi connectivity index (χ4n) is 1.37. The molecule has 82 valence electrons. The van der Waals surface area contributed by atoms with Gasteiger partial charge in [0.2, 0.25) is 0 Å². The van der Waals surface area contributed by atoms with Crippen LogP contribution < -0.4 is 11.5 Å². The van der Waals surface area contributed by atoms with E-state index in [2.05, 4.69) is 36.2 Å². The van der Waals surface area contributed by atoms with Crippen molar-refractivity contribution in [1.82, 2.24) is 0 Å². The summed E-state index contributed by atoms with van der Waals surface area (Å²) in [5.74, 6) is 0.144. The number of rotatable bonds is 5. The first-order valence-electron chi connectivity index (χ1n) is 5.35. The fourth-order valence-corrected chi connectivity index (χ4v) is 1.37. The molecule has 0 amide bonds. The lowest BCUT2D eigenvalue weighted by Crippen LogP contribution is -2.22. The zero-order chi connectivity index (χ0) is 11.1. The largest absolute Gasteiger partial charge is 0.370 e. The van der Waals surface area contributed by atoms with Gasteiger partial charge in [0.15, 0.2) is 5.96 Å². The molecule has 0 bridgehead atoms. The van der Waals surface area contributed by atoms with Gasteiger partial charge in [-0.05, 0) is 24.0 Å². The van der Waals surface area contributed by atoms with Crippen LogP contribution in [0.5, 0.6) is 0 Å². The zero-order valence-electron chi connectivity index (χ0n) is 9.24. The quantitative estimate of drug-likeness (QED) is 0.568. The molecule has 0 atom stereocenters. The van der Waals surface area contributed by atoms with Crippen molar-refractivity contribution in [3.63, 3.8) is 0 Å². The maximum atomic E-state index is 5.26. The highest BCUT2D eigenvalue weighted by atomic mass is 15.0. The fraction of sp³-hybridized carbons (Fsp3) is 0.417. The molecule has 0 unspecified atom stereocenters. The second-order valence-corrected chi connectivity index (χ2v) is 3.66. The molecule has 0 spiro atoms. The Bertz CT molecular complexity index is 310. The van der Waals surface area contributed by atoms with Crippen LogP contribution in [-0.2, 0) is 13.0 Å². The van der Waals surface area contributed by atoms with Crippen molar-refractivity contribution in [2.45, 2.75) is 32.7 Å². The van der Waals surface area contributed by atoms with Crippen LogP contribution in [0.2, 0.25) is 0 Å². The van der Waals surface area contributed by atoms with Crippen LogP contribution >= 0.6 is 0 Å². The van der Waals surface area contributed by atoms with E-state index in [1.165, 1.54) is 18.4 Å². The minimum atomic E-state index is 0.144. The van der Waals surface area contributed by atoms with Crippen LogP contribution in [0.3, 0.4) is 0 Å². The predicted molar refractivity (Wildman–Crippen MR) is 64.6 cm³/mol. The first-order valence-corrected chi connectivity index (χ1v) is 5.35. The molecule has 3 nitrogen and oxygen atoms in total. The normalized spacial score (nSPS) is 9.93. The van der Waals surface area contributed by atoms with Crippen LogP contribution in [0.1, 0.15) is 30.9 Å². The predicted octanol–water partition coefficient (Wildman–Crippen LogP) is 1.80. The van der Waals surface area contributed by atoms with Gasteiger partial charge in [-0.2, -0.15) is 0 Å². The molecule has 0 heterocycles. The van der Waals surface area contributed by atoms with Crippen molar-refractivity contribution in [3.8, 4) is 0 Å². The monoisotopic (exact) mass is 205 g/mol. The first kappa shape index (κ1) is 11.6. The average molecular weight is 205 g/mol. The second-order valence-electron chi connectivity index (χ2n) is 3.66. The van der Waals surface area contributed by atoms with Crippen molar-refractivity contribution in [2.75, 3.05) is 0 Å². The Balaban J connectivity index is 2.52. The van der Waals surface area contributed by atoms with Gasteiger partial charge in [0.1, 0.15) is 0 Å². The maximum Gasteiger partial charge on any atom is 0.186 e. The lowest BCUT2D eigenvalue weighted by Gasteiger charge is -2.01. The molecule has 0 saturated carbocycles. The Kier molecular flexibility index (Phi) is 4.68. The highest BCUT2D eigenvalue weighted by Gasteiger charge is 1.94. The van der Waals surface area contributed by atoms with E-state index in [9.17, 15) is 0 Å². The number of hydrogen-bond acceptors (Lipinski definition) is 1. The maximum absolute atomic E-state index is 5.26. The first-order chi connectivity index (χ1) is 7.22. The van der Waals surface area contributed by atoms with Gasteiger partial charge >= 0.3 is 0 Å². The van der Waals surface area contributed by atoms with Gasteiger partial charge in [-0.3, -0.25) is 0 Å². The molecular formula is C12H19N3. The molecule has 1 aromatic rings. The number of unbranched alkanes of at least 4 members (excludes halogenated alkanes) is 1. The lowest BCUT2D eigenvalue weighted by atomic mass is 10.1. The van der Waals surface area contributed by atoms with Crippen molar-refractivity contribution in [1.29, 1.82) is 0 Å². The summed E-state index contributed by atoms with van der Waals surface area (Å²) in [6.45, 7) is 2.77. The number of hydrogen-bond donors (Lipinski definition) is 2. The summed E-state index contributed by atoms with van der Waals surface area (Å²) < 4.78 is 0. The Morgan fingerprint density at radius 2 is 1.73 bits per heavy atom. The number of nitrogens with two attached hydrogens (primary N) is 2. The summed E-state index contributed by atoms with van der Waals surface area (Å²) in [7, 11) is 0. The second kappa shape index (κ2) is 6.06. The van der Waals surface area contributed by atoms with Crippen LogP contribution in [0.4, 0.5) is 0 Å². The van der Waals surface area contributed by atoms with Gasteiger partial charge in [0, 0.05) is 0 Å². The van der Waals surface area contributed by atoms with Crippen LogP contribution in [0.15, 0.2) is 29.3 Å². The van der Waals surface area contributed by atoms with Crippen molar-refractivity contribution in [2.24, 2.45) is 16.5 Å². The molecule has 0 saturated heterocycles. The van der Waals surface area contributed by atoms with E-state index in [1.54, 1.807) is 0 Å². The van der Waals surface area contributed by atoms with E-state index in [-0.39, 0.29) is 5.96 Å². The van der Waals surface area contributed by atoms with E-state index in [4.69, 9.17) is 11.5 Å². The van der Waals surface area contributed by atoms with Crippen molar-refractivity contribution >= 4 is 5.96 Å². The van der Waals surface area contributed by atoms with Crippen molar-refractivity contribution in [3.05, 3.63) is 35.4 Å². The number of benzene rings is 1. The summed E-state index contributed by atoms with van der Waals surface area (Å²) in [6.07, 6.45) is 3.63. The third-order valence-electron chi connectivity index (χ3n) is 2.29. The Morgan fingerprint density at radius 3 is 2.27 bits per heavy atom. The van der Waals surface area contributed by atoms with Crippen molar-refractivity contribution < 1.29 is 0 Å². The van der Waals surface area contributed by atoms with Gasteiger partial charge in [-0.1, -0.05) is 37.6 Å². The lowest BCUT2D eigenvalue weighted by molar-refractivity contribution is 0.794. The molecule has 15 heavy (non-hydrogen) atoms. The molecule has 1 rings (SSSR count). The summed E-state index contributed by atoms with van der Waals surface area (Å²) >= 11 is 0. The van der Waals surface area contributed by atoms with Gasteiger partial charge in [-0.15, -0.1) is 0 Å². The van der Waals surface area contributed by atoms with E-state index < -0.39 is 0 Å². The van der Waals surface area contributed by atoms with Gasteiger partial charge in [-0.25, -0.2) is 4.99 Å². The highest BCUT2D eigenvalue weighted by molar-refractivity contribution is 5.75. The number of guanidine groups is 1. The van der Waals surface area contributed by atoms with Crippen LogP contribution in [-0.4, -0.2) is 5.96 Å². The van der Waals surface area contributed by atoms with Gasteiger partial charge < -0.3 is 11.5 Å². The summed E-state index contributed by atoms with van der Waals surface area (Å²) in [4.78, 5) is 3.96. The number of aryl methyl sites for hydroxylation is 1. The molecule has 1 aromatic carbocycles. The molecule has 0 radical (unpaired) electrons. The summed E-state index contributed by atoms with van der Waals surface area (Å²) in [6, 6.07) is 8.45. The third kappa shape index (κ3) is 4.49. The number of nitrogens with zero attached hydrogens (tertiary/aromatic N) is 1. The van der Waals surface area contributed by atoms with E-state index in [0.29, 0.717) is 6.54 Å².